The fraction of sp³-hybridized carbons (Fsp3) is 0.318. The van der Waals surface area contributed by atoms with Gasteiger partial charge in [0, 0.05) is 37.1 Å². The second kappa shape index (κ2) is 10.2. The zero-order valence-electron chi connectivity index (χ0n) is 16.1. The SMILES string of the molecule is C#CCOC(=O)N1CCN([C@H](c2ccccc2)C(N=[N+]=[N-])c2ccccc2)CC1. The summed E-state index contributed by atoms with van der Waals surface area (Å²) in [7, 11) is 0. The molecule has 7 nitrogen and oxygen atoms in total. The Labute approximate surface area is 170 Å². The van der Waals surface area contributed by atoms with E-state index in [2.05, 4.69) is 20.8 Å². The second-order valence-corrected chi connectivity index (χ2v) is 6.70. The largest absolute Gasteiger partial charge is 0.436 e. The quantitative estimate of drug-likeness (QED) is 0.322. The van der Waals surface area contributed by atoms with Crippen LogP contribution in [0.4, 0.5) is 4.79 Å². The van der Waals surface area contributed by atoms with Crippen LogP contribution in [0.25, 0.3) is 10.4 Å². The fourth-order valence-electron chi connectivity index (χ4n) is 3.64. The molecule has 2 atom stereocenters. The van der Waals surface area contributed by atoms with Crippen molar-refractivity contribution in [1.29, 1.82) is 0 Å². The molecule has 0 N–H and O–H groups in total. The third-order valence-electron chi connectivity index (χ3n) is 5.00. The normalized spacial score (nSPS) is 16.2. The molecule has 0 radical (unpaired) electrons. The highest BCUT2D eigenvalue weighted by Gasteiger charge is 2.33. The van der Waals surface area contributed by atoms with Gasteiger partial charge in [-0.3, -0.25) is 4.90 Å². The number of terminal acetylenes is 1. The van der Waals surface area contributed by atoms with Gasteiger partial charge in [0.25, 0.3) is 0 Å². The van der Waals surface area contributed by atoms with Crippen molar-refractivity contribution < 1.29 is 9.53 Å². The number of rotatable bonds is 6. The van der Waals surface area contributed by atoms with Gasteiger partial charge in [-0.15, -0.1) is 6.42 Å². The number of nitrogens with zero attached hydrogens (tertiary/aromatic N) is 5. The molecule has 29 heavy (non-hydrogen) atoms. The van der Waals surface area contributed by atoms with E-state index < -0.39 is 6.09 Å². The molecular weight excluding hydrogens is 366 g/mol. The molecule has 7 heteroatoms. The molecule has 1 unspecified atom stereocenters. The maximum Gasteiger partial charge on any atom is 0.410 e. The van der Waals surface area contributed by atoms with Gasteiger partial charge in [0.1, 0.15) is 0 Å². The maximum absolute atomic E-state index is 12.1. The lowest BCUT2D eigenvalue weighted by molar-refractivity contribution is 0.0637. The molecule has 0 aromatic heterocycles. The number of benzene rings is 2. The Kier molecular flexibility index (Phi) is 7.12. The number of carbonyl (C=O) groups excluding carboxylic acids is 1. The number of carbonyl (C=O) groups is 1. The average molecular weight is 389 g/mol. The van der Waals surface area contributed by atoms with Gasteiger partial charge in [0.15, 0.2) is 6.61 Å². The smallest absolute Gasteiger partial charge is 0.410 e. The van der Waals surface area contributed by atoms with Gasteiger partial charge in [-0.05, 0) is 16.7 Å². The van der Waals surface area contributed by atoms with Crippen LogP contribution in [0.5, 0.6) is 0 Å². The average Bonchev–Trinajstić information content (AvgIpc) is 2.79. The summed E-state index contributed by atoms with van der Waals surface area (Å²) in [6.45, 7) is 2.28. The number of ether oxygens (including phenoxy) is 1. The lowest BCUT2D eigenvalue weighted by Gasteiger charge is -2.41. The molecule has 0 spiro atoms. The van der Waals surface area contributed by atoms with E-state index in [1.165, 1.54) is 0 Å². The van der Waals surface area contributed by atoms with Crippen LogP contribution >= 0.6 is 0 Å². The van der Waals surface area contributed by atoms with Crippen LogP contribution in [0.2, 0.25) is 0 Å². The van der Waals surface area contributed by atoms with Crippen LogP contribution in [-0.2, 0) is 4.74 Å². The number of hydrogen-bond donors (Lipinski definition) is 0. The molecule has 2 aromatic rings. The molecule has 0 saturated carbocycles. The molecular formula is C22H23N5O2. The summed E-state index contributed by atoms with van der Waals surface area (Å²) < 4.78 is 5.03. The van der Waals surface area contributed by atoms with E-state index in [0.29, 0.717) is 26.2 Å². The van der Waals surface area contributed by atoms with Crippen molar-refractivity contribution in [3.8, 4) is 12.3 Å². The summed E-state index contributed by atoms with van der Waals surface area (Å²) in [5.41, 5.74) is 11.3. The molecule has 1 fully saturated rings. The Morgan fingerprint density at radius 2 is 1.66 bits per heavy atom. The van der Waals surface area contributed by atoms with Crippen molar-refractivity contribution in [1.82, 2.24) is 9.80 Å². The van der Waals surface area contributed by atoms with E-state index in [9.17, 15) is 10.3 Å². The summed E-state index contributed by atoms with van der Waals surface area (Å²) in [6, 6.07) is 19.3. The molecule has 3 rings (SSSR count). The molecule has 1 amide bonds. The standard InChI is InChI=1S/C22H23N5O2/c1-2-17-29-22(28)27-15-13-26(14-16-27)21(19-11-7-4-8-12-19)20(24-25-23)18-9-5-3-6-10-18/h1,3-12,20-21H,13-17H2/t20?,21-/m1/s1. The van der Waals surface area contributed by atoms with Crippen molar-refractivity contribution in [2.45, 2.75) is 12.1 Å². The predicted molar refractivity (Wildman–Crippen MR) is 111 cm³/mol. The van der Waals surface area contributed by atoms with Crippen molar-refractivity contribution in [2.75, 3.05) is 32.8 Å². The monoisotopic (exact) mass is 389 g/mol. The lowest BCUT2D eigenvalue weighted by Crippen LogP contribution is -2.50. The zero-order valence-corrected chi connectivity index (χ0v) is 16.1. The van der Waals surface area contributed by atoms with Crippen LogP contribution in [0.1, 0.15) is 23.2 Å². The summed E-state index contributed by atoms with van der Waals surface area (Å²) in [4.78, 5) is 19.1. The number of azide groups is 1. The Morgan fingerprint density at radius 1 is 1.07 bits per heavy atom. The topological polar surface area (TPSA) is 81.5 Å². The van der Waals surface area contributed by atoms with Crippen molar-refractivity contribution in [3.63, 3.8) is 0 Å². The van der Waals surface area contributed by atoms with E-state index in [0.717, 1.165) is 11.1 Å². The van der Waals surface area contributed by atoms with Gasteiger partial charge in [0.05, 0.1) is 6.04 Å². The zero-order chi connectivity index (χ0) is 20.5. The van der Waals surface area contributed by atoms with Gasteiger partial charge in [0.2, 0.25) is 0 Å². The minimum absolute atomic E-state index is 0.0291. The first-order valence-electron chi connectivity index (χ1n) is 9.48. The van der Waals surface area contributed by atoms with Crippen molar-refractivity contribution in [2.24, 2.45) is 5.11 Å². The van der Waals surface area contributed by atoms with Gasteiger partial charge in [-0.25, -0.2) is 4.79 Å². The first-order chi connectivity index (χ1) is 14.2. The van der Waals surface area contributed by atoms with Crippen LogP contribution in [0.15, 0.2) is 65.8 Å². The highest BCUT2D eigenvalue weighted by molar-refractivity contribution is 5.67. The molecule has 2 aromatic carbocycles. The fourth-order valence-corrected chi connectivity index (χ4v) is 3.64. The van der Waals surface area contributed by atoms with Gasteiger partial charge in [-0.1, -0.05) is 71.7 Å². The molecule has 1 heterocycles. The first-order valence-corrected chi connectivity index (χ1v) is 9.48. The Balaban J connectivity index is 1.85. The second-order valence-electron chi connectivity index (χ2n) is 6.70. The van der Waals surface area contributed by atoms with E-state index in [-0.39, 0.29) is 18.7 Å². The summed E-state index contributed by atoms with van der Waals surface area (Å²) >= 11 is 0. The highest BCUT2D eigenvalue weighted by Crippen LogP contribution is 2.37. The van der Waals surface area contributed by atoms with E-state index >= 15 is 0 Å². The minimum atomic E-state index is -0.395. The number of hydrogen-bond acceptors (Lipinski definition) is 4. The van der Waals surface area contributed by atoms with Crippen LogP contribution in [0, 0.1) is 12.3 Å². The molecule has 148 valence electrons. The molecule has 0 bridgehead atoms. The Morgan fingerprint density at radius 3 is 2.21 bits per heavy atom. The van der Waals surface area contributed by atoms with Gasteiger partial charge in [-0.2, -0.15) is 0 Å². The van der Waals surface area contributed by atoms with E-state index in [4.69, 9.17) is 11.2 Å². The van der Waals surface area contributed by atoms with Crippen molar-refractivity contribution in [3.05, 3.63) is 82.2 Å². The van der Waals surface area contributed by atoms with E-state index in [1.54, 1.807) is 4.90 Å². The van der Waals surface area contributed by atoms with E-state index in [1.807, 2.05) is 60.7 Å². The van der Waals surface area contributed by atoms with Gasteiger partial charge >= 0.3 is 6.09 Å². The molecule has 1 saturated heterocycles. The predicted octanol–water partition coefficient (Wildman–Crippen LogP) is 4.17. The summed E-state index contributed by atoms with van der Waals surface area (Å²) in [5, 5.41) is 4.15. The molecule has 0 aliphatic carbocycles. The number of amides is 1. The van der Waals surface area contributed by atoms with Crippen LogP contribution in [0.3, 0.4) is 0 Å². The van der Waals surface area contributed by atoms with Crippen LogP contribution in [-0.4, -0.2) is 48.7 Å². The Hall–Kier alpha value is -3.46. The molecule has 1 aliphatic rings. The first kappa shape index (κ1) is 20.3. The van der Waals surface area contributed by atoms with Crippen LogP contribution < -0.4 is 0 Å². The third-order valence-corrected chi connectivity index (χ3v) is 5.00. The molecule has 1 aliphatic heterocycles. The van der Waals surface area contributed by atoms with Gasteiger partial charge < -0.3 is 9.64 Å². The lowest BCUT2D eigenvalue weighted by atomic mass is 9.92. The van der Waals surface area contributed by atoms with Crippen molar-refractivity contribution >= 4 is 6.09 Å². The third kappa shape index (κ3) is 5.08. The minimum Gasteiger partial charge on any atom is -0.436 e. The highest BCUT2D eigenvalue weighted by atomic mass is 16.6. The summed E-state index contributed by atoms with van der Waals surface area (Å²) in [5.74, 6) is 2.31. The maximum atomic E-state index is 12.1. The Bertz CT molecular complexity index is 882. The number of piperazine rings is 1. The summed E-state index contributed by atoms with van der Waals surface area (Å²) in [6.07, 6.45) is 4.76.